The van der Waals surface area contributed by atoms with Crippen molar-refractivity contribution in [2.75, 3.05) is 39.6 Å². The molecule has 20 rings (SSSR count). The zero-order valence-electron chi connectivity index (χ0n) is 82.8. The van der Waals surface area contributed by atoms with Crippen LogP contribution in [0, 0.1) is 5.92 Å². The van der Waals surface area contributed by atoms with E-state index >= 15 is 0 Å². The number of fused-ring (bicyclic) bond motifs is 5. The van der Waals surface area contributed by atoms with E-state index in [0.29, 0.717) is 192 Å². The van der Waals surface area contributed by atoms with Crippen molar-refractivity contribution in [3.63, 3.8) is 0 Å². The Hall–Kier alpha value is -7.45. The van der Waals surface area contributed by atoms with Crippen LogP contribution in [0.3, 0.4) is 0 Å². The number of hydrogen-bond donors (Lipinski definition) is 5. The lowest BCUT2D eigenvalue weighted by atomic mass is 9.75. The van der Waals surface area contributed by atoms with Gasteiger partial charge in [0.25, 0.3) is 17.8 Å². The van der Waals surface area contributed by atoms with Crippen molar-refractivity contribution in [1.29, 1.82) is 0 Å². The van der Waals surface area contributed by atoms with E-state index in [9.17, 15) is 75.1 Å². The number of carbonyl (C=O) groups is 5. The fourth-order valence-electron chi connectivity index (χ4n) is 23.2. The highest BCUT2D eigenvalue weighted by molar-refractivity contribution is 6.39. The summed E-state index contributed by atoms with van der Waals surface area (Å²) in [5.74, 6) is -5.94. The Morgan fingerprint density at radius 1 is 0.319 bits per heavy atom. The van der Waals surface area contributed by atoms with Gasteiger partial charge in [-0.05, 0) is 280 Å². The molecule has 5 aromatic heterocycles. The fraction of sp³-hybridized carbons (Fsp3) is 0.598. The first-order chi connectivity index (χ1) is 68.5. The summed E-state index contributed by atoms with van der Waals surface area (Å²) in [6.45, 7) is 12.7. The molecule has 0 spiro atoms. The van der Waals surface area contributed by atoms with Gasteiger partial charge in [-0.2, -0.15) is 0 Å². The number of benzene rings is 5. The number of ketones is 4. The molecule has 7 atom stereocenters. The van der Waals surface area contributed by atoms with Crippen molar-refractivity contribution >= 4 is 142 Å². The summed E-state index contributed by atoms with van der Waals surface area (Å²) in [6, 6.07) is 28.1. The van der Waals surface area contributed by atoms with Crippen LogP contribution in [0.15, 0.2) is 122 Å². The summed E-state index contributed by atoms with van der Waals surface area (Å²) in [7, 11) is 0. The molecular weight excluding hydrogens is 1960 g/mol. The number of ether oxygens (including phenoxy) is 5. The summed E-state index contributed by atoms with van der Waals surface area (Å²) < 4.78 is 136. The number of amides is 1. The number of aliphatic hydroxyl groups is 4. The molecule has 144 heavy (non-hydrogen) atoms. The van der Waals surface area contributed by atoms with Gasteiger partial charge in [-0.1, -0.05) is 88.3 Å². The molecule has 784 valence electrons. The maximum Gasteiger partial charge on any atom is 0.253 e. The molecule has 0 radical (unpaired) electrons. The average molecular weight is 2100 g/mol. The molecule has 10 fully saturated rings. The van der Waals surface area contributed by atoms with E-state index in [2.05, 4.69) is 19.0 Å². The monoisotopic (exact) mass is 2100 g/mol. The number of hydrogen-bond acceptors (Lipinski definition) is 14. The maximum absolute atomic E-state index is 14.1. The Bertz CT molecular complexity index is 5850. The van der Waals surface area contributed by atoms with E-state index < -0.39 is 64.1 Å². The first-order valence-electron chi connectivity index (χ1n) is 52.1. The largest absolute Gasteiger partial charge is 0.390 e. The van der Waals surface area contributed by atoms with Crippen molar-refractivity contribution in [3.8, 4) is 0 Å². The van der Waals surface area contributed by atoms with Crippen molar-refractivity contribution in [2.45, 2.75) is 379 Å². The first kappa shape index (κ1) is 109. The smallest absolute Gasteiger partial charge is 0.253 e. The van der Waals surface area contributed by atoms with Crippen molar-refractivity contribution < 1.29 is 98.8 Å². The Kier molecular flexibility index (Phi) is 35.3. The number of carbonyl (C=O) groups excluding carboxylic acids is 5. The Balaban J connectivity index is 0.000000129. The zero-order chi connectivity index (χ0) is 102. The van der Waals surface area contributed by atoms with E-state index in [0.717, 1.165) is 160 Å². The van der Waals surface area contributed by atoms with Crippen LogP contribution >= 0.6 is 58.0 Å². The lowest BCUT2D eigenvalue weighted by Gasteiger charge is -2.37. The molecule has 10 aliphatic rings. The van der Waals surface area contributed by atoms with Crippen LogP contribution in [0.4, 0.5) is 30.7 Å². The Morgan fingerprint density at radius 3 is 0.812 bits per heavy atom. The van der Waals surface area contributed by atoms with Crippen molar-refractivity contribution in [1.82, 2.24) is 28.2 Å². The fourth-order valence-corrected chi connectivity index (χ4v) is 24.5. The predicted octanol–water partition coefficient (Wildman–Crippen LogP) is 26.8. The topological polar surface area (TPSA) is 249 Å². The lowest BCUT2D eigenvalue weighted by Crippen LogP contribution is -2.41. The van der Waals surface area contributed by atoms with Crippen LogP contribution in [0.1, 0.15) is 317 Å². The molecule has 1 amide bonds. The van der Waals surface area contributed by atoms with Gasteiger partial charge in [-0.25, -0.2) is 30.7 Å². The number of nitrogens with one attached hydrogen (secondary N) is 1. The second kappa shape index (κ2) is 46.6. The van der Waals surface area contributed by atoms with Gasteiger partial charge in [-0.3, -0.25) is 24.0 Å². The van der Waals surface area contributed by atoms with E-state index in [1.165, 1.54) is 0 Å². The van der Waals surface area contributed by atoms with Crippen molar-refractivity contribution in [3.05, 3.63) is 175 Å². The van der Waals surface area contributed by atoms with E-state index in [-0.39, 0.29) is 124 Å². The number of halogens is 12. The Labute approximate surface area is 862 Å². The molecule has 20 nitrogen and oxygen atoms in total. The third-order valence-corrected chi connectivity index (χ3v) is 33.4. The molecule has 32 heteroatoms. The van der Waals surface area contributed by atoms with Gasteiger partial charge in [0.05, 0.1) is 111 Å². The summed E-state index contributed by atoms with van der Waals surface area (Å²) in [5.41, 5.74) is -1.07. The zero-order valence-corrected chi connectivity index (χ0v) is 86.6. The number of nitrogens with zero attached hydrogens (tertiary/aromatic N) is 5. The van der Waals surface area contributed by atoms with E-state index in [4.69, 9.17) is 81.7 Å². The minimum Gasteiger partial charge on any atom is -0.390 e. The van der Waals surface area contributed by atoms with Crippen LogP contribution in [-0.4, -0.2) is 194 Å². The molecule has 5 aromatic carbocycles. The Morgan fingerprint density at radius 2 is 0.562 bits per heavy atom. The summed E-state index contributed by atoms with van der Waals surface area (Å²) in [4.78, 5) is 65.1. The van der Waals surface area contributed by atoms with Crippen LogP contribution in [0.2, 0.25) is 25.1 Å². The maximum atomic E-state index is 14.1. The molecule has 5 saturated heterocycles. The van der Waals surface area contributed by atoms with Gasteiger partial charge in [0.1, 0.15) is 17.0 Å². The van der Waals surface area contributed by atoms with E-state index in [1.807, 2.05) is 94.5 Å². The van der Waals surface area contributed by atoms with Crippen LogP contribution in [0.25, 0.3) is 54.5 Å². The molecule has 5 N–H and O–H groups in total. The van der Waals surface area contributed by atoms with Crippen LogP contribution < -0.4 is 5.32 Å². The minimum absolute atomic E-state index is 0.0108. The highest BCUT2D eigenvalue weighted by atomic mass is 35.5. The molecule has 1 unspecified atom stereocenters. The van der Waals surface area contributed by atoms with Gasteiger partial charge in [0.2, 0.25) is 0 Å². The minimum atomic E-state index is -2.86. The number of rotatable bonds is 29. The average Bonchev–Trinajstić information content (AvgIpc) is 1.60. The quantitative estimate of drug-likeness (QED) is 0.0216. The van der Waals surface area contributed by atoms with E-state index in [1.54, 1.807) is 57.4 Å². The van der Waals surface area contributed by atoms with Gasteiger partial charge in [-0.15, -0.1) is 0 Å². The summed E-state index contributed by atoms with van der Waals surface area (Å²) in [6.07, 6.45) is 26.8. The third-order valence-electron chi connectivity index (χ3n) is 31.8. The number of Topliss-reactive ketones (excluding diaryl/α,β-unsaturated/α-hetero) is 4. The summed E-state index contributed by atoms with van der Waals surface area (Å²) in [5, 5.41) is 52.2. The molecular formula is C112H138Cl5F7N6O14. The lowest BCUT2D eigenvalue weighted by molar-refractivity contribution is -0.127. The molecule has 10 aromatic rings. The van der Waals surface area contributed by atoms with Crippen LogP contribution in [-0.2, 0) is 56.4 Å². The predicted molar refractivity (Wildman–Crippen MR) is 550 cm³/mol. The van der Waals surface area contributed by atoms with Gasteiger partial charge >= 0.3 is 0 Å². The standard InChI is InChI=1S/2C23H29ClFNO3.2C22H26ClF2NO3.C22H28ClFN2O2/c2*1-22(25)9-11-23(28,12-10-22)8-7-20(27)17-15-26(14-16-4-3-13-29-16)19-6-2-5-18(24)21(17)19;2*23-17-5-1-6-18-20(17)16(13-26(18)12-15-4-2-11-29-15)19(27)7-10-21(28)8-3-9-22(24,25)14-21;1-22(24)9-7-15(8-10-22)12-25-21(27)17-14-26(13-16-4-3-11-28-16)19-6-2-5-18(23)20(17)19/h2*2,5-6,15-16,28H,3-4,7-14H2,1H3;2*1,5-6,13,15,28H,2-4,7-12,14H2;2,5-6,14-16H,3-4,7-13H2,1H3,(H,25,27)/t2*16-,22?,23?;15-,21?;15-,21+;15?,16-,22?/m10100/s1. The second-order valence-electron chi connectivity index (χ2n) is 43.6. The highest BCUT2D eigenvalue weighted by Gasteiger charge is 2.48. The number of aromatic nitrogens is 5. The third kappa shape index (κ3) is 27.7. The molecule has 5 aliphatic heterocycles. The molecule has 5 aliphatic carbocycles. The van der Waals surface area contributed by atoms with Gasteiger partial charge in [0.15, 0.2) is 23.1 Å². The molecule has 0 bridgehead atoms. The van der Waals surface area contributed by atoms with Gasteiger partial charge in [0, 0.05) is 204 Å². The van der Waals surface area contributed by atoms with Crippen LogP contribution in [0.5, 0.6) is 0 Å². The normalized spacial score (nSPS) is 28.4. The highest BCUT2D eigenvalue weighted by Crippen LogP contribution is 2.48. The second-order valence-corrected chi connectivity index (χ2v) is 45.6. The molecule has 10 heterocycles. The first-order valence-corrected chi connectivity index (χ1v) is 54.0. The number of alkyl halides is 7. The van der Waals surface area contributed by atoms with Crippen molar-refractivity contribution in [2.24, 2.45) is 5.92 Å². The SMILES string of the molecule is CC1(F)CCC(CNC(=O)c2cn(C[C@@H]3CCCO3)c3cccc(Cl)c23)CC1.CC1(F)CCC(O)(CCC(=O)c2cn(C[C@@H]3CCCO3)c3cccc(Cl)c23)CC1.CC1(F)CCC(O)(CCC(=O)c2cn(C[C@H]3CCCO3)c3cccc(Cl)c23)CC1.O=C(CCC1(O)CCCC(F)(F)C1)c1cn(C[C@H]2CCCO2)c2cccc(Cl)c12.O=C(CC[C@]1(O)CCCC(F)(F)C1)c1cn(C[C@@H]2CCCO2)c2cccc(Cl)c12. The molecule has 5 saturated carbocycles. The van der Waals surface area contributed by atoms with Gasteiger partial charge < -0.3 is 72.3 Å². The summed E-state index contributed by atoms with van der Waals surface area (Å²) >= 11 is 32.2.